The molecule has 3 N–H and O–H groups in total. The summed E-state index contributed by atoms with van der Waals surface area (Å²) in [5.74, 6) is -1.19. The Kier molecular flexibility index (Phi) is 11.7. The minimum absolute atomic E-state index is 0.0131. The maximum absolute atomic E-state index is 14.1. The first kappa shape index (κ1) is 41.0. The van der Waals surface area contributed by atoms with Crippen LogP contribution in [0.1, 0.15) is 74.2 Å². The summed E-state index contributed by atoms with van der Waals surface area (Å²) in [6.45, 7) is 9.55. The van der Waals surface area contributed by atoms with Crippen molar-refractivity contribution in [2.75, 3.05) is 32.8 Å². The highest BCUT2D eigenvalue weighted by Crippen LogP contribution is 2.37. The van der Waals surface area contributed by atoms with Crippen LogP contribution in [0.5, 0.6) is 11.6 Å². The number of β-amino-alcohol motifs (C(OH)–C–C–N with tert-alkyl or cyclic N) is 1. The molecule has 314 valence electrons. The van der Waals surface area contributed by atoms with Crippen LogP contribution in [0.15, 0.2) is 76.9 Å². The number of amides is 2. The highest BCUT2D eigenvalue weighted by Gasteiger charge is 2.43. The summed E-state index contributed by atoms with van der Waals surface area (Å²) < 4.78 is 41.4. The molecule has 0 bridgehead atoms. The molecule has 2 amide bonds. The van der Waals surface area contributed by atoms with E-state index in [9.17, 15) is 28.6 Å². The Bertz CT molecular complexity index is 2480. The van der Waals surface area contributed by atoms with Gasteiger partial charge in [-0.2, -0.15) is 0 Å². The SMILES string of the molecule is Cc1ncsc1-c1ccc([C@H](C)NC(=O)[C@@H]2C[C@@H](O)CN2C(=O)C(c2cc(OCCN3CC(n4cc(C(F)F)c5nnc(-c6ccccc6O)cc54)C3)no2)C(C)C)cc1. The van der Waals surface area contributed by atoms with Gasteiger partial charge in [0.2, 0.25) is 11.8 Å². The Labute approximate surface area is 348 Å². The number of carbonyl (C=O) groups is 2. The fourth-order valence-corrected chi connectivity index (χ4v) is 8.94. The van der Waals surface area contributed by atoms with Gasteiger partial charge in [0.25, 0.3) is 12.3 Å². The number of fused-ring (bicyclic) bond motifs is 1. The Morgan fingerprint density at radius 1 is 1.05 bits per heavy atom. The van der Waals surface area contributed by atoms with Crippen molar-refractivity contribution in [1.82, 2.24) is 40.0 Å². The average Bonchev–Trinajstić information content (AvgIpc) is 4.02. The number of benzene rings is 2. The third-order valence-electron chi connectivity index (χ3n) is 11.4. The lowest BCUT2D eigenvalue weighted by atomic mass is 9.91. The number of aliphatic hydroxyl groups excluding tert-OH is 1. The molecule has 1 unspecified atom stereocenters. The van der Waals surface area contributed by atoms with Gasteiger partial charge in [0, 0.05) is 50.4 Å². The molecule has 4 aromatic heterocycles. The van der Waals surface area contributed by atoms with E-state index in [-0.39, 0.29) is 72.1 Å². The van der Waals surface area contributed by atoms with Gasteiger partial charge in [-0.15, -0.1) is 21.5 Å². The summed E-state index contributed by atoms with van der Waals surface area (Å²) in [5.41, 5.74) is 6.01. The zero-order valence-electron chi connectivity index (χ0n) is 33.5. The van der Waals surface area contributed by atoms with Crippen LogP contribution in [0.3, 0.4) is 0 Å². The number of likely N-dealkylation sites (tertiary alicyclic amines) is 2. The van der Waals surface area contributed by atoms with E-state index in [1.165, 1.54) is 17.2 Å². The van der Waals surface area contributed by atoms with E-state index >= 15 is 0 Å². The number of nitrogens with zero attached hydrogens (tertiary/aromatic N) is 7. The van der Waals surface area contributed by atoms with Gasteiger partial charge in [-0.1, -0.05) is 50.2 Å². The highest BCUT2D eigenvalue weighted by atomic mass is 32.1. The van der Waals surface area contributed by atoms with Crippen LogP contribution >= 0.6 is 11.3 Å². The number of rotatable bonds is 14. The maximum Gasteiger partial charge on any atom is 0.267 e. The van der Waals surface area contributed by atoms with Crippen molar-refractivity contribution in [2.45, 2.75) is 70.7 Å². The molecule has 0 spiro atoms. The van der Waals surface area contributed by atoms with E-state index in [4.69, 9.17) is 9.26 Å². The summed E-state index contributed by atoms with van der Waals surface area (Å²) in [6, 6.07) is 16.6. The third-order valence-corrected chi connectivity index (χ3v) is 12.4. The topological polar surface area (TPSA) is 172 Å². The number of aliphatic hydroxyl groups is 1. The monoisotopic (exact) mass is 840 g/mol. The Morgan fingerprint density at radius 3 is 2.52 bits per heavy atom. The number of phenolic OH excluding ortho intramolecular Hbond substituents is 1. The zero-order chi connectivity index (χ0) is 42.2. The lowest BCUT2D eigenvalue weighted by Crippen LogP contribution is -2.48. The fourth-order valence-electron chi connectivity index (χ4n) is 8.13. The predicted molar refractivity (Wildman–Crippen MR) is 220 cm³/mol. The molecule has 6 aromatic rings. The van der Waals surface area contributed by atoms with Crippen molar-refractivity contribution in [2.24, 2.45) is 5.92 Å². The smallest absolute Gasteiger partial charge is 0.267 e. The Morgan fingerprint density at radius 2 is 1.82 bits per heavy atom. The lowest BCUT2D eigenvalue weighted by molar-refractivity contribution is -0.141. The van der Waals surface area contributed by atoms with Crippen LogP contribution in [-0.2, 0) is 9.59 Å². The molecule has 17 heteroatoms. The molecular formula is C43H46F2N8O6S. The van der Waals surface area contributed by atoms with Crippen molar-refractivity contribution in [1.29, 1.82) is 0 Å². The molecule has 8 rings (SSSR count). The zero-order valence-corrected chi connectivity index (χ0v) is 34.4. The Balaban J connectivity index is 0.868. The molecule has 6 heterocycles. The molecule has 2 aromatic carbocycles. The number of halogens is 2. The van der Waals surface area contributed by atoms with Gasteiger partial charge in [-0.25, -0.2) is 13.8 Å². The third kappa shape index (κ3) is 8.20. The van der Waals surface area contributed by atoms with Gasteiger partial charge in [-0.05, 0) is 54.2 Å². The number of alkyl halides is 2. The van der Waals surface area contributed by atoms with Crippen LogP contribution < -0.4 is 10.1 Å². The molecule has 2 saturated heterocycles. The number of thiazole rings is 1. The normalized spacial score (nSPS) is 18.3. The summed E-state index contributed by atoms with van der Waals surface area (Å²) in [5, 5.41) is 36.4. The van der Waals surface area contributed by atoms with Gasteiger partial charge in [0.15, 0.2) is 5.76 Å². The summed E-state index contributed by atoms with van der Waals surface area (Å²) in [4.78, 5) is 36.8. The minimum Gasteiger partial charge on any atom is -0.507 e. The average molecular weight is 841 g/mol. The predicted octanol–water partition coefficient (Wildman–Crippen LogP) is 6.68. The van der Waals surface area contributed by atoms with Crippen LogP contribution in [0.2, 0.25) is 0 Å². The summed E-state index contributed by atoms with van der Waals surface area (Å²) in [6.07, 6.45) is -2.04. The fraction of sp³-hybridized carbons (Fsp3) is 0.395. The van der Waals surface area contributed by atoms with E-state index in [0.717, 1.165) is 21.7 Å². The molecule has 0 saturated carbocycles. The van der Waals surface area contributed by atoms with E-state index in [2.05, 4.69) is 30.6 Å². The molecule has 2 aliphatic heterocycles. The molecule has 0 radical (unpaired) electrons. The standard InChI is InChI=1S/C43H46F2N8O6S/c1-23(2)38(43(57)53-20-29(54)15-34(53)42(56)47-24(3)26-9-11-27(12-10-26)40-25(4)46-22-60-40)36-17-37(50-59-36)58-14-13-51-18-28(19-51)52-21-31(41(44)45)39-33(52)16-32(48-49-39)30-7-5-6-8-35(30)55/h5-12,16-17,21-24,28-29,34,38,41,54-55H,13-15,18-20H2,1-4H3,(H,47,56)/t24-,29+,34-,38?/m0/s1. The van der Waals surface area contributed by atoms with Crippen molar-refractivity contribution in [3.63, 3.8) is 0 Å². The van der Waals surface area contributed by atoms with Crippen molar-refractivity contribution >= 4 is 34.2 Å². The van der Waals surface area contributed by atoms with Crippen molar-refractivity contribution in [3.05, 3.63) is 95.0 Å². The number of nitrogens with one attached hydrogen (secondary N) is 1. The van der Waals surface area contributed by atoms with E-state index in [1.54, 1.807) is 46.2 Å². The first-order valence-corrected chi connectivity index (χ1v) is 20.8. The number of hydrogen-bond acceptors (Lipinski definition) is 12. The minimum atomic E-state index is -2.73. The summed E-state index contributed by atoms with van der Waals surface area (Å²) in [7, 11) is 0. The van der Waals surface area contributed by atoms with Gasteiger partial charge in [0.1, 0.15) is 29.8 Å². The molecule has 14 nitrogen and oxygen atoms in total. The lowest BCUT2D eigenvalue weighted by Gasteiger charge is -2.40. The number of aryl methyl sites for hydroxylation is 1. The number of aromatic nitrogens is 5. The number of phenols is 1. The second-order valence-corrected chi connectivity index (χ2v) is 16.7. The molecule has 60 heavy (non-hydrogen) atoms. The van der Waals surface area contributed by atoms with Crippen LogP contribution in [0.4, 0.5) is 8.78 Å². The van der Waals surface area contributed by atoms with E-state index in [0.29, 0.717) is 42.2 Å². The van der Waals surface area contributed by atoms with Crippen LogP contribution in [0.25, 0.3) is 32.7 Å². The van der Waals surface area contributed by atoms with E-state index < -0.39 is 24.5 Å². The van der Waals surface area contributed by atoms with Gasteiger partial charge >= 0.3 is 0 Å². The highest BCUT2D eigenvalue weighted by molar-refractivity contribution is 7.13. The molecule has 2 fully saturated rings. The molecule has 4 atom stereocenters. The van der Waals surface area contributed by atoms with Crippen molar-refractivity contribution in [3.8, 4) is 33.3 Å². The number of ether oxygens (including phenoxy) is 1. The van der Waals surface area contributed by atoms with Crippen LogP contribution in [-0.4, -0.2) is 102 Å². The van der Waals surface area contributed by atoms with E-state index in [1.807, 2.05) is 57.5 Å². The molecule has 2 aliphatic rings. The molecule has 0 aliphatic carbocycles. The Hall–Kier alpha value is -5.78. The quantitative estimate of drug-likeness (QED) is 0.107. The summed E-state index contributed by atoms with van der Waals surface area (Å²) >= 11 is 1.57. The number of aromatic hydroxyl groups is 1. The largest absolute Gasteiger partial charge is 0.507 e. The second-order valence-electron chi connectivity index (χ2n) is 15.8. The number of hydrogen-bond donors (Lipinski definition) is 3. The van der Waals surface area contributed by atoms with Gasteiger partial charge < -0.3 is 34.3 Å². The first-order valence-electron chi connectivity index (χ1n) is 19.9. The number of para-hydroxylation sites is 1. The second kappa shape index (κ2) is 17.1. The molecular weight excluding hydrogens is 795 g/mol. The maximum atomic E-state index is 14.1. The first-order chi connectivity index (χ1) is 28.9. The van der Waals surface area contributed by atoms with Gasteiger partial charge in [0.05, 0.1) is 51.0 Å². The van der Waals surface area contributed by atoms with Crippen LogP contribution in [0, 0.1) is 12.8 Å². The number of carbonyl (C=O) groups excluding carboxylic acids is 2. The van der Waals surface area contributed by atoms with Crippen molar-refractivity contribution < 1.29 is 37.8 Å². The van der Waals surface area contributed by atoms with Gasteiger partial charge in [-0.3, -0.25) is 14.5 Å².